The molecular formula is C14H17BrN2O. The first kappa shape index (κ1) is 12.2. The monoisotopic (exact) mass is 308 g/mol. The van der Waals surface area contributed by atoms with Crippen LogP contribution < -0.4 is 5.32 Å². The van der Waals surface area contributed by atoms with Gasteiger partial charge in [-0.05, 0) is 56.1 Å². The third-order valence-electron chi connectivity index (χ3n) is 4.08. The van der Waals surface area contributed by atoms with E-state index >= 15 is 0 Å². The Kier molecular flexibility index (Phi) is 3.39. The molecule has 0 aliphatic carbocycles. The van der Waals surface area contributed by atoms with E-state index in [0.717, 1.165) is 16.6 Å². The van der Waals surface area contributed by atoms with Crippen molar-refractivity contribution in [2.24, 2.45) is 5.92 Å². The van der Waals surface area contributed by atoms with Gasteiger partial charge in [-0.1, -0.05) is 15.9 Å². The number of carbonyl (C=O) groups is 1. The van der Waals surface area contributed by atoms with Gasteiger partial charge in [-0.3, -0.25) is 4.79 Å². The lowest BCUT2D eigenvalue weighted by Gasteiger charge is -2.44. The number of nitrogens with zero attached hydrogens (tertiary/aromatic N) is 1. The van der Waals surface area contributed by atoms with Gasteiger partial charge in [0.25, 0.3) is 5.91 Å². The van der Waals surface area contributed by atoms with E-state index in [9.17, 15) is 4.79 Å². The van der Waals surface area contributed by atoms with Crippen molar-refractivity contribution in [3.05, 3.63) is 34.3 Å². The maximum absolute atomic E-state index is 12.2. The molecule has 4 heteroatoms. The lowest BCUT2D eigenvalue weighted by molar-refractivity contribution is 0.0620. The van der Waals surface area contributed by atoms with Gasteiger partial charge in [-0.2, -0.15) is 0 Å². The summed E-state index contributed by atoms with van der Waals surface area (Å²) in [4.78, 5) is 14.6. The first-order valence-corrected chi connectivity index (χ1v) is 7.30. The molecule has 96 valence electrons. The molecule has 3 aliphatic rings. The smallest absolute Gasteiger partial charge is 0.251 e. The molecule has 1 atom stereocenters. The summed E-state index contributed by atoms with van der Waals surface area (Å²) in [5.74, 6) is 0.732. The second-order valence-electron chi connectivity index (χ2n) is 5.22. The van der Waals surface area contributed by atoms with Crippen molar-refractivity contribution in [3.63, 3.8) is 0 Å². The molecule has 0 unspecified atom stereocenters. The lowest BCUT2D eigenvalue weighted by Crippen LogP contribution is -2.57. The van der Waals surface area contributed by atoms with E-state index in [4.69, 9.17) is 0 Å². The Morgan fingerprint density at radius 1 is 1.22 bits per heavy atom. The van der Waals surface area contributed by atoms with E-state index in [1.54, 1.807) is 0 Å². The zero-order valence-corrected chi connectivity index (χ0v) is 11.8. The second kappa shape index (κ2) is 5.02. The summed E-state index contributed by atoms with van der Waals surface area (Å²) in [6.07, 6.45) is 2.45. The minimum absolute atomic E-state index is 0.0567. The number of amides is 1. The molecular weight excluding hydrogens is 292 g/mol. The van der Waals surface area contributed by atoms with Gasteiger partial charge in [-0.25, -0.2) is 0 Å². The summed E-state index contributed by atoms with van der Waals surface area (Å²) in [5.41, 5.74) is 0.745. The van der Waals surface area contributed by atoms with Gasteiger partial charge in [0, 0.05) is 22.6 Å². The minimum atomic E-state index is 0.0567. The van der Waals surface area contributed by atoms with Crippen molar-refractivity contribution in [1.29, 1.82) is 0 Å². The Bertz CT molecular complexity index is 438. The van der Waals surface area contributed by atoms with Gasteiger partial charge in [0.05, 0.1) is 0 Å². The highest BCUT2D eigenvalue weighted by Crippen LogP contribution is 2.27. The number of hydrogen-bond acceptors (Lipinski definition) is 2. The molecule has 1 N–H and O–H groups in total. The summed E-state index contributed by atoms with van der Waals surface area (Å²) < 4.78 is 1.00. The lowest BCUT2D eigenvalue weighted by atomic mass is 9.84. The Morgan fingerprint density at radius 2 is 1.89 bits per heavy atom. The summed E-state index contributed by atoms with van der Waals surface area (Å²) >= 11 is 3.38. The minimum Gasteiger partial charge on any atom is -0.348 e. The maximum Gasteiger partial charge on any atom is 0.251 e. The van der Waals surface area contributed by atoms with E-state index in [1.807, 2.05) is 24.3 Å². The highest BCUT2D eigenvalue weighted by Gasteiger charge is 2.34. The fourth-order valence-corrected chi connectivity index (χ4v) is 3.25. The first-order valence-electron chi connectivity index (χ1n) is 6.51. The van der Waals surface area contributed by atoms with Crippen LogP contribution in [0.5, 0.6) is 0 Å². The van der Waals surface area contributed by atoms with E-state index in [1.165, 1.54) is 25.9 Å². The quantitative estimate of drug-likeness (QED) is 0.909. The predicted octanol–water partition coefficient (Wildman–Crippen LogP) is 2.27. The molecule has 0 aromatic heterocycles. The molecule has 3 aliphatic heterocycles. The second-order valence-corrected chi connectivity index (χ2v) is 6.14. The third kappa shape index (κ3) is 2.45. The Morgan fingerprint density at radius 3 is 2.44 bits per heavy atom. The highest BCUT2D eigenvalue weighted by atomic mass is 79.9. The van der Waals surface area contributed by atoms with Crippen LogP contribution in [0.3, 0.4) is 0 Å². The Labute approximate surface area is 116 Å². The predicted molar refractivity (Wildman–Crippen MR) is 74.6 cm³/mol. The fraction of sp³-hybridized carbons (Fsp3) is 0.500. The van der Waals surface area contributed by atoms with Crippen LogP contribution >= 0.6 is 15.9 Å². The molecule has 3 fully saturated rings. The normalized spacial score (nSPS) is 30.2. The SMILES string of the molecule is O=C(N[C@H]1CN2CCC1CC2)c1ccc(Br)cc1. The van der Waals surface area contributed by atoms with Gasteiger partial charge in [0.2, 0.25) is 0 Å². The van der Waals surface area contributed by atoms with Crippen LogP contribution in [-0.2, 0) is 0 Å². The van der Waals surface area contributed by atoms with Gasteiger partial charge in [0.15, 0.2) is 0 Å². The summed E-state index contributed by atoms with van der Waals surface area (Å²) in [6.45, 7) is 3.43. The third-order valence-corrected chi connectivity index (χ3v) is 4.61. The zero-order valence-electron chi connectivity index (χ0n) is 10.2. The van der Waals surface area contributed by atoms with Crippen molar-refractivity contribution >= 4 is 21.8 Å². The molecule has 4 rings (SSSR count). The first-order chi connectivity index (χ1) is 8.72. The van der Waals surface area contributed by atoms with Crippen molar-refractivity contribution in [3.8, 4) is 0 Å². The van der Waals surface area contributed by atoms with E-state index in [2.05, 4.69) is 26.1 Å². The largest absolute Gasteiger partial charge is 0.348 e. The van der Waals surface area contributed by atoms with Gasteiger partial charge >= 0.3 is 0 Å². The average Bonchev–Trinajstić information content (AvgIpc) is 2.41. The summed E-state index contributed by atoms with van der Waals surface area (Å²) in [7, 11) is 0. The molecule has 3 saturated heterocycles. The average molecular weight is 309 g/mol. The number of rotatable bonds is 2. The molecule has 0 spiro atoms. The molecule has 1 amide bonds. The molecule has 1 aromatic rings. The highest BCUT2D eigenvalue weighted by molar-refractivity contribution is 9.10. The molecule has 3 heterocycles. The van der Waals surface area contributed by atoms with Crippen LogP contribution in [0.2, 0.25) is 0 Å². The van der Waals surface area contributed by atoms with Gasteiger partial charge in [0.1, 0.15) is 0 Å². The number of hydrogen-bond donors (Lipinski definition) is 1. The Hall–Kier alpha value is -0.870. The van der Waals surface area contributed by atoms with Crippen molar-refractivity contribution in [2.75, 3.05) is 19.6 Å². The topological polar surface area (TPSA) is 32.3 Å². The Balaban J connectivity index is 1.66. The van der Waals surface area contributed by atoms with Crippen LogP contribution in [0.1, 0.15) is 23.2 Å². The summed E-state index contributed by atoms with van der Waals surface area (Å²) in [6, 6.07) is 7.88. The van der Waals surface area contributed by atoms with Crippen molar-refractivity contribution < 1.29 is 4.79 Å². The molecule has 0 saturated carbocycles. The summed E-state index contributed by atoms with van der Waals surface area (Å²) in [5, 5.41) is 3.19. The van der Waals surface area contributed by atoms with E-state index in [-0.39, 0.29) is 5.91 Å². The molecule has 18 heavy (non-hydrogen) atoms. The molecule has 1 aromatic carbocycles. The van der Waals surface area contributed by atoms with E-state index in [0.29, 0.717) is 12.0 Å². The van der Waals surface area contributed by atoms with Crippen LogP contribution in [-0.4, -0.2) is 36.5 Å². The van der Waals surface area contributed by atoms with Gasteiger partial charge < -0.3 is 10.2 Å². The van der Waals surface area contributed by atoms with Crippen molar-refractivity contribution in [2.45, 2.75) is 18.9 Å². The van der Waals surface area contributed by atoms with Crippen LogP contribution in [0, 0.1) is 5.92 Å². The van der Waals surface area contributed by atoms with Crippen LogP contribution in [0.15, 0.2) is 28.7 Å². The van der Waals surface area contributed by atoms with Crippen molar-refractivity contribution in [1.82, 2.24) is 10.2 Å². The number of fused-ring (bicyclic) bond motifs is 3. The zero-order chi connectivity index (χ0) is 12.5. The van der Waals surface area contributed by atoms with E-state index < -0.39 is 0 Å². The van der Waals surface area contributed by atoms with Gasteiger partial charge in [-0.15, -0.1) is 0 Å². The number of nitrogens with one attached hydrogen (secondary N) is 1. The fourth-order valence-electron chi connectivity index (χ4n) is 2.98. The van der Waals surface area contributed by atoms with Crippen LogP contribution in [0.4, 0.5) is 0 Å². The number of carbonyl (C=O) groups excluding carboxylic acids is 1. The number of piperidine rings is 3. The standard InChI is InChI=1S/C14H17BrN2O/c15-12-3-1-11(2-4-12)14(18)16-13-9-17-7-5-10(13)6-8-17/h1-4,10,13H,5-9H2,(H,16,18)/t13-/m0/s1. The molecule has 0 radical (unpaired) electrons. The number of halogens is 1. The number of benzene rings is 1. The molecule has 2 bridgehead atoms. The molecule has 3 nitrogen and oxygen atoms in total. The maximum atomic E-state index is 12.2. The van der Waals surface area contributed by atoms with Crippen LogP contribution in [0.25, 0.3) is 0 Å².